The van der Waals surface area contributed by atoms with E-state index in [1.165, 1.54) is 13.2 Å². The third-order valence-electron chi connectivity index (χ3n) is 3.49. The number of hydrogen-bond acceptors (Lipinski definition) is 4. The molecule has 0 aromatic heterocycles. The number of hydrogen-bond donors (Lipinski definition) is 2. The molecule has 2 N–H and O–H groups in total. The minimum Gasteiger partial charge on any atom is -0.497 e. The van der Waals surface area contributed by atoms with Crippen LogP contribution in [0.4, 0.5) is 4.39 Å². The molecule has 0 radical (unpaired) electrons. The molecule has 1 aromatic rings. The van der Waals surface area contributed by atoms with Crippen LogP contribution in [0.25, 0.3) is 0 Å². The lowest BCUT2D eigenvalue weighted by Gasteiger charge is -2.24. The van der Waals surface area contributed by atoms with Crippen molar-refractivity contribution in [2.75, 3.05) is 26.9 Å². The Morgan fingerprint density at radius 1 is 1.58 bits per heavy atom. The van der Waals surface area contributed by atoms with Gasteiger partial charge in [-0.15, -0.1) is 0 Å². The van der Waals surface area contributed by atoms with Crippen molar-refractivity contribution in [3.8, 4) is 5.75 Å². The zero-order chi connectivity index (χ0) is 13.9. The number of methoxy groups -OCH3 is 1. The summed E-state index contributed by atoms with van der Waals surface area (Å²) in [6.07, 6.45) is 0.609. The number of benzene rings is 1. The summed E-state index contributed by atoms with van der Waals surface area (Å²) in [6, 6.07) is 4.60. The second-order valence-corrected chi connectivity index (χ2v) is 5.02. The highest BCUT2D eigenvalue weighted by Gasteiger charge is 2.32. The van der Waals surface area contributed by atoms with E-state index in [2.05, 4.69) is 5.32 Å². The minimum atomic E-state index is -0.836. The summed E-state index contributed by atoms with van der Waals surface area (Å²) in [7, 11) is 1.51. The van der Waals surface area contributed by atoms with Gasteiger partial charge in [0.25, 0.3) is 0 Å². The minimum absolute atomic E-state index is 0.185. The van der Waals surface area contributed by atoms with E-state index in [-0.39, 0.29) is 11.9 Å². The molecule has 5 heteroatoms. The second-order valence-electron chi connectivity index (χ2n) is 5.02. The van der Waals surface area contributed by atoms with Crippen molar-refractivity contribution in [3.63, 3.8) is 0 Å². The molecule has 1 aromatic carbocycles. The van der Waals surface area contributed by atoms with Crippen molar-refractivity contribution in [2.24, 2.45) is 0 Å². The van der Waals surface area contributed by atoms with Gasteiger partial charge in [-0.05, 0) is 13.0 Å². The van der Waals surface area contributed by atoms with Crippen LogP contribution in [0.3, 0.4) is 0 Å². The Morgan fingerprint density at radius 3 is 2.95 bits per heavy atom. The predicted octanol–water partition coefficient (Wildman–Crippen LogP) is 1.64. The van der Waals surface area contributed by atoms with Gasteiger partial charge in [-0.3, -0.25) is 0 Å². The van der Waals surface area contributed by atoms with Crippen LogP contribution in [0, 0.1) is 5.82 Å². The first-order valence-electron chi connectivity index (χ1n) is 6.41. The molecule has 0 aliphatic carbocycles. The molecule has 0 bridgehead atoms. The van der Waals surface area contributed by atoms with Crippen molar-refractivity contribution in [1.29, 1.82) is 0 Å². The summed E-state index contributed by atoms with van der Waals surface area (Å²) in [4.78, 5) is 0. The largest absolute Gasteiger partial charge is 0.497 e. The van der Waals surface area contributed by atoms with E-state index in [9.17, 15) is 9.50 Å². The molecule has 19 heavy (non-hydrogen) atoms. The second kappa shape index (κ2) is 5.86. The fourth-order valence-electron chi connectivity index (χ4n) is 2.17. The molecule has 0 saturated carbocycles. The van der Waals surface area contributed by atoms with Crippen LogP contribution in [-0.4, -0.2) is 37.6 Å². The molecule has 0 amide bonds. The summed E-state index contributed by atoms with van der Waals surface area (Å²) < 4.78 is 24.0. The van der Waals surface area contributed by atoms with E-state index in [1.54, 1.807) is 12.1 Å². The topological polar surface area (TPSA) is 50.7 Å². The Hall–Kier alpha value is -1.17. The van der Waals surface area contributed by atoms with E-state index in [0.717, 1.165) is 0 Å². The number of nitrogens with one attached hydrogen (secondary N) is 1. The summed E-state index contributed by atoms with van der Waals surface area (Å²) in [5.41, 5.74) is -0.277. The first kappa shape index (κ1) is 14.2. The van der Waals surface area contributed by atoms with Crippen molar-refractivity contribution in [3.05, 3.63) is 29.6 Å². The maximum absolute atomic E-state index is 13.9. The molecule has 2 rings (SSSR count). The molecule has 106 valence electrons. The van der Waals surface area contributed by atoms with Crippen LogP contribution in [0.1, 0.15) is 24.9 Å². The summed E-state index contributed by atoms with van der Waals surface area (Å²) >= 11 is 0. The van der Waals surface area contributed by atoms with E-state index in [0.29, 0.717) is 37.5 Å². The molecule has 1 saturated heterocycles. The Bertz CT molecular complexity index is 433. The fourth-order valence-corrected chi connectivity index (χ4v) is 2.17. The quantitative estimate of drug-likeness (QED) is 0.853. The normalized spacial score (nSPS) is 24.4. The van der Waals surface area contributed by atoms with Gasteiger partial charge < -0.3 is 19.9 Å². The fraction of sp³-hybridized carbons (Fsp3) is 0.571. The number of halogens is 1. The van der Waals surface area contributed by atoms with Gasteiger partial charge in [0.15, 0.2) is 0 Å². The predicted molar refractivity (Wildman–Crippen MR) is 69.8 cm³/mol. The molecule has 1 aliphatic rings. The Balaban J connectivity index is 1.97. The number of rotatable bonds is 5. The van der Waals surface area contributed by atoms with Gasteiger partial charge in [0.2, 0.25) is 0 Å². The van der Waals surface area contributed by atoms with Gasteiger partial charge in [-0.2, -0.15) is 0 Å². The van der Waals surface area contributed by atoms with Crippen LogP contribution in [0.2, 0.25) is 0 Å². The van der Waals surface area contributed by atoms with Gasteiger partial charge in [0.1, 0.15) is 17.2 Å². The third-order valence-corrected chi connectivity index (χ3v) is 3.49. The zero-order valence-electron chi connectivity index (χ0n) is 11.3. The molecule has 0 spiro atoms. The molecule has 1 fully saturated rings. The molecule has 2 atom stereocenters. The van der Waals surface area contributed by atoms with Crippen LogP contribution in [0.15, 0.2) is 18.2 Å². The average molecular weight is 269 g/mol. The maximum atomic E-state index is 13.9. The van der Waals surface area contributed by atoms with Crippen molar-refractivity contribution in [2.45, 2.75) is 25.0 Å². The van der Waals surface area contributed by atoms with Crippen LogP contribution < -0.4 is 10.1 Å². The zero-order valence-corrected chi connectivity index (χ0v) is 11.3. The molecule has 1 aliphatic heterocycles. The maximum Gasteiger partial charge on any atom is 0.131 e. The number of aliphatic hydroxyl groups is 1. The van der Waals surface area contributed by atoms with Crippen molar-refractivity contribution < 1.29 is 19.0 Å². The highest BCUT2D eigenvalue weighted by atomic mass is 19.1. The van der Waals surface area contributed by atoms with Gasteiger partial charge >= 0.3 is 0 Å². The molecular weight excluding hydrogens is 249 g/mol. The van der Waals surface area contributed by atoms with Crippen LogP contribution in [0.5, 0.6) is 5.75 Å². The van der Waals surface area contributed by atoms with Crippen molar-refractivity contribution >= 4 is 0 Å². The summed E-state index contributed by atoms with van der Waals surface area (Å²) in [5.74, 6) is 0.185. The summed E-state index contributed by atoms with van der Waals surface area (Å²) in [6.45, 7) is 3.16. The Kier molecular flexibility index (Phi) is 4.39. The Morgan fingerprint density at radius 2 is 2.37 bits per heavy atom. The first-order chi connectivity index (χ1) is 9.04. The average Bonchev–Trinajstić information content (AvgIpc) is 2.83. The smallest absolute Gasteiger partial charge is 0.131 e. The number of ether oxygens (including phenoxy) is 2. The van der Waals surface area contributed by atoms with Gasteiger partial charge in [-0.25, -0.2) is 4.39 Å². The molecule has 1 heterocycles. The summed E-state index contributed by atoms with van der Waals surface area (Å²) in [5, 5.41) is 13.3. The standard InChI is InChI=1S/C14H20FNO3/c1-10(16-8-14(17)5-6-19-9-14)12-4-3-11(18-2)7-13(12)15/h3-4,7,10,16-17H,5-6,8-9H2,1-2H3/t10-,14-/m0/s1. The Labute approximate surface area is 112 Å². The molecule has 4 nitrogen and oxygen atoms in total. The van der Waals surface area contributed by atoms with E-state index in [1.807, 2.05) is 6.92 Å². The van der Waals surface area contributed by atoms with Gasteiger partial charge in [0, 0.05) is 37.2 Å². The lowest BCUT2D eigenvalue weighted by atomic mass is 10.0. The third kappa shape index (κ3) is 3.43. The van der Waals surface area contributed by atoms with E-state index in [4.69, 9.17) is 9.47 Å². The van der Waals surface area contributed by atoms with Crippen molar-refractivity contribution in [1.82, 2.24) is 5.32 Å². The lowest BCUT2D eigenvalue weighted by molar-refractivity contribution is 0.0251. The van der Waals surface area contributed by atoms with E-state index < -0.39 is 5.60 Å². The monoisotopic (exact) mass is 269 g/mol. The van der Waals surface area contributed by atoms with Crippen LogP contribution >= 0.6 is 0 Å². The van der Waals surface area contributed by atoms with Crippen LogP contribution in [-0.2, 0) is 4.74 Å². The highest BCUT2D eigenvalue weighted by Crippen LogP contribution is 2.23. The molecule has 0 unspecified atom stereocenters. The van der Waals surface area contributed by atoms with E-state index >= 15 is 0 Å². The highest BCUT2D eigenvalue weighted by molar-refractivity contribution is 5.30. The van der Waals surface area contributed by atoms with Gasteiger partial charge in [0.05, 0.1) is 13.7 Å². The lowest BCUT2D eigenvalue weighted by Crippen LogP contribution is -2.42. The molecular formula is C14H20FNO3. The first-order valence-corrected chi connectivity index (χ1v) is 6.41. The van der Waals surface area contributed by atoms with Gasteiger partial charge in [-0.1, -0.05) is 6.07 Å². The SMILES string of the molecule is COc1ccc([C@H](C)NC[C@@]2(O)CCOC2)c(F)c1.